The fraction of sp³-hybridized carbons (Fsp3) is 0.350. The lowest BCUT2D eigenvalue weighted by molar-refractivity contribution is -0.118. The lowest BCUT2D eigenvalue weighted by Gasteiger charge is -2.20. The topological polar surface area (TPSA) is 70.6 Å². The molecule has 1 unspecified atom stereocenters. The molecule has 3 N–H and O–H groups in total. The number of hydrogen-bond acceptors (Lipinski definition) is 4. The third-order valence-electron chi connectivity index (χ3n) is 4.42. The first kappa shape index (κ1) is 17.3. The van der Waals surface area contributed by atoms with E-state index in [1.807, 2.05) is 36.4 Å². The van der Waals surface area contributed by atoms with Gasteiger partial charge in [-0.3, -0.25) is 4.79 Å². The first-order valence-electron chi connectivity index (χ1n) is 8.58. The summed E-state index contributed by atoms with van der Waals surface area (Å²) in [6.45, 7) is -0.516. The highest BCUT2D eigenvalue weighted by molar-refractivity contribution is 5.91. The molecular formula is C20H24N2O3. The summed E-state index contributed by atoms with van der Waals surface area (Å²) in [5, 5.41) is 15.1. The normalized spacial score (nSPS) is 14.6. The van der Waals surface area contributed by atoms with Gasteiger partial charge in [0, 0.05) is 17.4 Å². The van der Waals surface area contributed by atoms with Crippen LogP contribution in [0.5, 0.6) is 5.75 Å². The molecule has 1 saturated carbocycles. The molecule has 2 aromatic rings. The zero-order valence-corrected chi connectivity index (χ0v) is 14.4. The summed E-state index contributed by atoms with van der Waals surface area (Å²) in [5.41, 5.74) is 2.89. The molecule has 132 valence electrons. The standard InChI is InChI=1S/C20H24N2O3/c1-25-18-7-2-4-14(10-18)11-19(15-8-9-15)21-16-5-3-6-17(12-16)22-20(24)13-23/h2-7,10,12,15,19,21,23H,8-9,11,13H2,1H3,(H,22,24). The third-order valence-corrected chi connectivity index (χ3v) is 4.42. The van der Waals surface area contributed by atoms with E-state index in [2.05, 4.69) is 22.8 Å². The Bertz CT molecular complexity index is 728. The molecule has 0 radical (unpaired) electrons. The van der Waals surface area contributed by atoms with Gasteiger partial charge in [-0.1, -0.05) is 18.2 Å². The van der Waals surface area contributed by atoms with Crippen LogP contribution in [0, 0.1) is 5.92 Å². The fourth-order valence-corrected chi connectivity index (χ4v) is 2.99. The van der Waals surface area contributed by atoms with E-state index in [9.17, 15) is 4.79 Å². The number of anilines is 2. The molecule has 25 heavy (non-hydrogen) atoms. The average molecular weight is 340 g/mol. The van der Waals surface area contributed by atoms with Crippen LogP contribution >= 0.6 is 0 Å². The van der Waals surface area contributed by atoms with E-state index in [-0.39, 0.29) is 0 Å². The molecular weight excluding hydrogens is 316 g/mol. The van der Waals surface area contributed by atoms with Gasteiger partial charge >= 0.3 is 0 Å². The molecule has 3 rings (SSSR count). The van der Waals surface area contributed by atoms with Crippen molar-refractivity contribution in [3.8, 4) is 5.75 Å². The van der Waals surface area contributed by atoms with Crippen LogP contribution in [0.4, 0.5) is 11.4 Å². The highest BCUT2D eigenvalue weighted by atomic mass is 16.5. The minimum atomic E-state index is -0.516. The molecule has 0 spiro atoms. The largest absolute Gasteiger partial charge is 0.497 e. The second-order valence-corrected chi connectivity index (χ2v) is 6.43. The lowest BCUT2D eigenvalue weighted by Crippen LogP contribution is -2.24. The molecule has 1 atom stereocenters. The minimum Gasteiger partial charge on any atom is -0.497 e. The number of aliphatic hydroxyl groups excluding tert-OH is 1. The Morgan fingerprint density at radius 2 is 1.96 bits per heavy atom. The van der Waals surface area contributed by atoms with Crippen molar-refractivity contribution in [2.45, 2.75) is 25.3 Å². The maximum atomic E-state index is 11.3. The Labute approximate surface area is 148 Å². The number of nitrogens with one attached hydrogen (secondary N) is 2. The van der Waals surface area contributed by atoms with Crippen LogP contribution in [0.2, 0.25) is 0 Å². The molecule has 1 aliphatic carbocycles. The Balaban J connectivity index is 1.69. The van der Waals surface area contributed by atoms with E-state index in [4.69, 9.17) is 9.84 Å². The third kappa shape index (κ3) is 4.97. The molecule has 2 aromatic carbocycles. The summed E-state index contributed by atoms with van der Waals surface area (Å²) < 4.78 is 5.31. The Hall–Kier alpha value is -2.53. The number of methoxy groups -OCH3 is 1. The summed E-state index contributed by atoms with van der Waals surface area (Å²) in [6, 6.07) is 16.1. The first-order valence-corrected chi connectivity index (χ1v) is 8.58. The van der Waals surface area contributed by atoms with Crippen LogP contribution < -0.4 is 15.4 Å². The molecule has 5 nitrogen and oxygen atoms in total. The Morgan fingerprint density at radius 1 is 1.20 bits per heavy atom. The van der Waals surface area contributed by atoms with Gasteiger partial charge in [-0.2, -0.15) is 0 Å². The molecule has 1 fully saturated rings. The second-order valence-electron chi connectivity index (χ2n) is 6.43. The summed E-state index contributed by atoms with van der Waals surface area (Å²) in [6.07, 6.45) is 3.40. The van der Waals surface area contributed by atoms with E-state index < -0.39 is 12.5 Å². The minimum absolute atomic E-state index is 0.343. The first-order chi connectivity index (χ1) is 12.2. The molecule has 0 bridgehead atoms. The van der Waals surface area contributed by atoms with Crippen molar-refractivity contribution >= 4 is 17.3 Å². The molecule has 0 heterocycles. The van der Waals surface area contributed by atoms with Crippen LogP contribution in [0.15, 0.2) is 48.5 Å². The van der Waals surface area contributed by atoms with Crippen LogP contribution in [0.25, 0.3) is 0 Å². The van der Waals surface area contributed by atoms with E-state index in [0.717, 1.165) is 17.9 Å². The average Bonchev–Trinajstić information content (AvgIpc) is 3.47. The lowest BCUT2D eigenvalue weighted by atomic mass is 10.0. The summed E-state index contributed by atoms with van der Waals surface area (Å²) in [4.78, 5) is 11.3. The number of aliphatic hydroxyl groups is 1. The SMILES string of the molecule is COc1cccc(CC(Nc2cccc(NC(=O)CO)c2)C2CC2)c1. The van der Waals surface area contributed by atoms with Crippen LogP contribution in [0.1, 0.15) is 18.4 Å². The number of carbonyl (C=O) groups excluding carboxylic acids is 1. The van der Waals surface area contributed by atoms with Gasteiger partial charge in [0.1, 0.15) is 12.4 Å². The fourth-order valence-electron chi connectivity index (χ4n) is 2.99. The van der Waals surface area contributed by atoms with E-state index in [1.165, 1.54) is 18.4 Å². The monoisotopic (exact) mass is 340 g/mol. The maximum Gasteiger partial charge on any atom is 0.250 e. The van der Waals surface area contributed by atoms with Crippen molar-refractivity contribution in [3.63, 3.8) is 0 Å². The van der Waals surface area contributed by atoms with Gasteiger partial charge in [0.2, 0.25) is 5.91 Å². The molecule has 0 saturated heterocycles. The predicted molar refractivity (Wildman–Crippen MR) is 99.0 cm³/mol. The highest BCUT2D eigenvalue weighted by Crippen LogP contribution is 2.36. The summed E-state index contributed by atoms with van der Waals surface area (Å²) in [5.74, 6) is 1.13. The van der Waals surface area contributed by atoms with Gasteiger partial charge in [-0.15, -0.1) is 0 Å². The summed E-state index contributed by atoms with van der Waals surface area (Å²) >= 11 is 0. The number of carbonyl (C=O) groups is 1. The van der Waals surface area contributed by atoms with Crippen molar-refractivity contribution in [1.29, 1.82) is 0 Å². The second kappa shape index (κ2) is 8.03. The smallest absolute Gasteiger partial charge is 0.250 e. The highest BCUT2D eigenvalue weighted by Gasteiger charge is 2.31. The molecule has 0 aromatic heterocycles. The van der Waals surface area contributed by atoms with Crippen LogP contribution in [-0.4, -0.2) is 30.8 Å². The van der Waals surface area contributed by atoms with Gasteiger partial charge in [-0.25, -0.2) is 0 Å². The van der Waals surface area contributed by atoms with Crippen LogP contribution in [-0.2, 0) is 11.2 Å². The number of amides is 1. The van der Waals surface area contributed by atoms with Gasteiger partial charge in [0.05, 0.1) is 7.11 Å². The predicted octanol–water partition coefficient (Wildman–Crippen LogP) is 3.06. The van der Waals surface area contributed by atoms with Crippen molar-refractivity contribution in [2.24, 2.45) is 5.92 Å². The van der Waals surface area contributed by atoms with Gasteiger partial charge < -0.3 is 20.5 Å². The Kier molecular flexibility index (Phi) is 5.56. The quantitative estimate of drug-likeness (QED) is 0.691. The molecule has 0 aliphatic heterocycles. The number of ether oxygens (including phenoxy) is 1. The van der Waals surface area contributed by atoms with Crippen molar-refractivity contribution in [2.75, 3.05) is 24.4 Å². The molecule has 1 aliphatic rings. The maximum absolute atomic E-state index is 11.3. The van der Waals surface area contributed by atoms with Crippen molar-refractivity contribution in [1.82, 2.24) is 0 Å². The van der Waals surface area contributed by atoms with E-state index in [0.29, 0.717) is 17.6 Å². The zero-order valence-electron chi connectivity index (χ0n) is 14.4. The molecule has 1 amide bonds. The van der Waals surface area contributed by atoms with Gasteiger partial charge in [0.15, 0.2) is 0 Å². The summed E-state index contributed by atoms with van der Waals surface area (Å²) in [7, 11) is 1.68. The number of rotatable bonds is 8. The number of hydrogen-bond donors (Lipinski definition) is 3. The number of benzene rings is 2. The van der Waals surface area contributed by atoms with Crippen molar-refractivity contribution in [3.05, 3.63) is 54.1 Å². The zero-order chi connectivity index (χ0) is 17.6. The van der Waals surface area contributed by atoms with Crippen molar-refractivity contribution < 1.29 is 14.6 Å². The van der Waals surface area contributed by atoms with Gasteiger partial charge in [0.25, 0.3) is 0 Å². The molecule has 5 heteroatoms. The van der Waals surface area contributed by atoms with Crippen LogP contribution in [0.3, 0.4) is 0 Å². The Morgan fingerprint density at radius 3 is 2.68 bits per heavy atom. The van der Waals surface area contributed by atoms with E-state index in [1.54, 1.807) is 7.11 Å². The van der Waals surface area contributed by atoms with E-state index >= 15 is 0 Å². The van der Waals surface area contributed by atoms with Gasteiger partial charge in [-0.05, 0) is 61.1 Å².